The summed E-state index contributed by atoms with van der Waals surface area (Å²) in [4.78, 5) is 7.48. The quantitative estimate of drug-likeness (QED) is 0.786. The van der Waals surface area contributed by atoms with E-state index in [9.17, 15) is 5.26 Å². The number of rotatable bonds is 3. The Bertz CT molecular complexity index is 799. The van der Waals surface area contributed by atoms with Crippen molar-refractivity contribution in [2.45, 2.75) is 6.92 Å². The first-order valence-electron chi connectivity index (χ1n) is 6.43. The van der Waals surface area contributed by atoms with Gasteiger partial charge in [0.05, 0.1) is 23.2 Å². The normalized spacial score (nSPS) is 10.4. The summed E-state index contributed by atoms with van der Waals surface area (Å²) in [5.41, 5.74) is 4.43. The Balaban J connectivity index is 2.15. The molecule has 3 aromatic rings. The predicted molar refractivity (Wildman–Crippen MR) is 77.4 cm³/mol. The zero-order valence-electron chi connectivity index (χ0n) is 11.1. The maximum Gasteiger partial charge on any atom is 0.137 e. The molecule has 2 heterocycles. The Hall–Kier alpha value is -2.80. The van der Waals surface area contributed by atoms with E-state index in [2.05, 4.69) is 16.0 Å². The van der Waals surface area contributed by atoms with Crippen LogP contribution in [0.25, 0.3) is 22.2 Å². The van der Waals surface area contributed by atoms with Crippen LogP contribution in [0.3, 0.4) is 0 Å². The van der Waals surface area contributed by atoms with Crippen LogP contribution in [0.1, 0.15) is 12.5 Å². The number of benzene rings is 1. The zero-order chi connectivity index (χ0) is 13.9. The third-order valence-electron chi connectivity index (χ3n) is 3.16. The average molecular weight is 263 g/mol. The molecule has 0 aliphatic carbocycles. The van der Waals surface area contributed by atoms with E-state index in [1.807, 2.05) is 43.5 Å². The van der Waals surface area contributed by atoms with Crippen molar-refractivity contribution in [3.8, 4) is 22.9 Å². The Morgan fingerprint density at radius 1 is 1.30 bits per heavy atom. The van der Waals surface area contributed by atoms with Crippen LogP contribution in [-0.2, 0) is 0 Å². The summed E-state index contributed by atoms with van der Waals surface area (Å²) in [7, 11) is 0. The lowest BCUT2D eigenvalue weighted by Gasteiger charge is -2.08. The maximum atomic E-state index is 9.24. The second-order valence-corrected chi connectivity index (χ2v) is 4.35. The van der Waals surface area contributed by atoms with Crippen LogP contribution in [0.5, 0.6) is 5.75 Å². The van der Waals surface area contributed by atoms with Crippen LogP contribution >= 0.6 is 0 Å². The van der Waals surface area contributed by atoms with Crippen molar-refractivity contribution >= 4 is 11.0 Å². The highest BCUT2D eigenvalue weighted by Gasteiger charge is 2.09. The first kappa shape index (κ1) is 12.2. The molecule has 0 bridgehead atoms. The number of fused-ring (bicyclic) bond motifs is 1. The predicted octanol–water partition coefficient (Wildman–Crippen LogP) is 3.50. The summed E-state index contributed by atoms with van der Waals surface area (Å²) in [6.45, 7) is 2.45. The van der Waals surface area contributed by atoms with Gasteiger partial charge < -0.3 is 9.72 Å². The Morgan fingerprint density at radius 2 is 2.20 bits per heavy atom. The minimum atomic E-state index is 0.542. The van der Waals surface area contributed by atoms with Crippen molar-refractivity contribution in [2.75, 3.05) is 6.61 Å². The lowest BCUT2D eigenvalue weighted by Crippen LogP contribution is -1.94. The molecule has 0 fully saturated rings. The molecule has 0 spiro atoms. The molecule has 0 atom stereocenters. The number of nitrogens with one attached hydrogen (secondary N) is 1. The number of nitriles is 1. The molecule has 0 saturated heterocycles. The number of ether oxygens (including phenoxy) is 1. The second-order valence-electron chi connectivity index (χ2n) is 4.35. The molecule has 0 aliphatic rings. The van der Waals surface area contributed by atoms with Crippen LogP contribution in [0.15, 0.2) is 42.7 Å². The van der Waals surface area contributed by atoms with Crippen molar-refractivity contribution in [1.29, 1.82) is 5.26 Å². The molecule has 0 unspecified atom stereocenters. The van der Waals surface area contributed by atoms with Crippen molar-refractivity contribution in [3.05, 3.63) is 48.3 Å². The average Bonchev–Trinajstić information content (AvgIpc) is 2.96. The molecule has 1 N–H and O–H groups in total. The summed E-state index contributed by atoms with van der Waals surface area (Å²) < 4.78 is 5.45. The molecule has 0 radical (unpaired) electrons. The molecule has 98 valence electrons. The minimum absolute atomic E-state index is 0.542. The topological polar surface area (TPSA) is 61.7 Å². The van der Waals surface area contributed by atoms with Crippen molar-refractivity contribution in [3.63, 3.8) is 0 Å². The Kier molecular flexibility index (Phi) is 3.10. The second kappa shape index (κ2) is 5.06. The van der Waals surface area contributed by atoms with E-state index < -0.39 is 0 Å². The van der Waals surface area contributed by atoms with Crippen LogP contribution < -0.4 is 4.74 Å². The van der Waals surface area contributed by atoms with E-state index in [1.165, 1.54) is 0 Å². The van der Waals surface area contributed by atoms with Crippen LogP contribution in [0.4, 0.5) is 0 Å². The molecule has 20 heavy (non-hydrogen) atoms. The fourth-order valence-corrected chi connectivity index (χ4v) is 2.27. The van der Waals surface area contributed by atoms with E-state index in [0.29, 0.717) is 17.9 Å². The van der Waals surface area contributed by atoms with Gasteiger partial charge in [-0.3, -0.25) is 4.98 Å². The standard InChI is InChI=1S/C16H13N3O/c1-2-20-15-4-3-11(9-12(15)10-17)13-5-7-18-14-6-8-19-16(13)14/h3-9,19H,2H2,1H3. The van der Waals surface area contributed by atoms with Gasteiger partial charge in [0.1, 0.15) is 11.8 Å². The summed E-state index contributed by atoms with van der Waals surface area (Å²) in [5, 5.41) is 9.24. The van der Waals surface area contributed by atoms with Crippen LogP contribution in [0, 0.1) is 11.3 Å². The third-order valence-corrected chi connectivity index (χ3v) is 3.16. The van der Waals surface area contributed by atoms with Gasteiger partial charge in [-0.1, -0.05) is 6.07 Å². The van der Waals surface area contributed by atoms with Crippen molar-refractivity contribution < 1.29 is 4.74 Å². The molecular formula is C16H13N3O. The summed E-state index contributed by atoms with van der Waals surface area (Å²) in [5.74, 6) is 0.621. The zero-order valence-corrected chi connectivity index (χ0v) is 11.1. The molecule has 0 amide bonds. The van der Waals surface area contributed by atoms with E-state index in [0.717, 1.165) is 22.2 Å². The van der Waals surface area contributed by atoms with Gasteiger partial charge in [-0.05, 0) is 36.8 Å². The van der Waals surface area contributed by atoms with E-state index in [1.54, 1.807) is 6.20 Å². The molecule has 1 aromatic carbocycles. The number of aromatic amines is 1. The van der Waals surface area contributed by atoms with Crippen molar-refractivity contribution in [1.82, 2.24) is 9.97 Å². The Morgan fingerprint density at radius 3 is 3.00 bits per heavy atom. The van der Waals surface area contributed by atoms with Crippen LogP contribution in [0.2, 0.25) is 0 Å². The molecule has 4 heteroatoms. The third kappa shape index (κ3) is 1.99. The van der Waals surface area contributed by atoms with Crippen molar-refractivity contribution in [2.24, 2.45) is 0 Å². The van der Waals surface area contributed by atoms with E-state index >= 15 is 0 Å². The minimum Gasteiger partial charge on any atom is -0.492 e. The number of hydrogen-bond acceptors (Lipinski definition) is 3. The van der Waals surface area contributed by atoms with Gasteiger partial charge in [0.15, 0.2) is 0 Å². The van der Waals surface area contributed by atoms with Gasteiger partial charge in [-0.25, -0.2) is 0 Å². The molecule has 0 saturated carbocycles. The number of H-pyrrole nitrogens is 1. The van der Waals surface area contributed by atoms with Gasteiger partial charge in [0, 0.05) is 18.0 Å². The van der Waals surface area contributed by atoms with Gasteiger partial charge in [-0.2, -0.15) is 5.26 Å². The fourth-order valence-electron chi connectivity index (χ4n) is 2.27. The first-order chi connectivity index (χ1) is 9.83. The monoisotopic (exact) mass is 263 g/mol. The summed E-state index contributed by atoms with van der Waals surface area (Å²) >= 11 is 0. The number of nitrogens with zero attached hydrogens (tertiary/aromatic N) is 2. The summed E-state index contributed by atoms with van der Waals surface area (Å²) in [6, 6.07) is 11.7. The number of pyridine rings is 1. The molecule has 0 aliphatic heterocycles. The highest BCUT2D eigenvalue weighted by Crippen LogP contribution is 2.30. The van der Waals surface area contributed by atoms with Gasteiger partial charge >= 0.3 is 0 Å². The smallest absolute Gasteiger partial charge is 0.137 e. The highest BCUT2D eigenvalue weighted by molar-refractivity contribution is 5.91. The fraction of sp³-hybridized carbons (Fsp3) is 0.125. The molecule has 4 nitrogen and oxygen atoms in total. The van der Waals surface area contributed by atoms with Crippen LogP contribution in [-0.4, -0.2) is 16.6 Å². The molecular weight excluding hydrogens is 250 g/mol. The van der Waals surface area contributed by atoms with E-state index in [-0.39, 0.29) is 0 Å². The Labute approximate surface area is 116 Å². The lowest BCUT2D eigenvalue weighted by molar-refractivity contribution is 0.339. The first-order valence-corrected chi connectivity index (χ1v) is 6.43. The van der Waals surface area contributed by atoms with Gasteiger partial charge in [-0.15, -0.1) is 0 Å². The molecule has 2 aromatic heterocycles. The molecule has 3 rings (SSSR count). The lowest BCUT2D eigenvalue weighted by atomic mass is 10.0. The summed E-state index contributed by atoms with van der Waals surface area (Å²) in [6.07, 6.45) is 3.63. The highest BCUT2D eigenvalue weighted by atomic mass is 16.5. The largest absolute Gasteiger partial charge is 0.492 e. The van der Waals surface area contributed by atoms with E-state index in [4.69, 9.17) is 4.74 Å². The maximum absolute atomic E-state index is 9.24. The number of hydrogen-bond donors (Lipinski definition) is 1. The van der Waals surface area contributed by atoms with Gasteiger partial charge in [0.25, 0.3) is 0 Å². The number of aromatic nitrogens is 2. The SMILES string of the molecule is CCOc1ccc(-c2ccnc3cc[nH]c23)cc1C#N. The van der Waals surface area contributed by atoms with Gasteiger partial charge in [0.2, 0.25) is 0 Å².